The van der Waals surface area contributed by atoms with Crippen LogP contribution in [0.1, 0.15) is 13.8 Å². The second-order valence-electron chi connectivity index (χ2n) is 1.64. The molecular formula is C3H11Cl2O4P. The zero-order valence-corrected chi connectivity index (χ0v) is 8.08. The van der Waals surface area contributed by atoms with Gasteiger partial charge in [0.25, 0.3) is 0 Å². The molecule has 0 fully saturated rings. The summed E-state index contributed by atoms with van der Waals surface area (Å²) in [5.41, 5.74) is 0. The SMILES string of the molecule is CC(C)OP(=O)(O)O.Cl.Cl. The average Bonchev–Trinajstić information content (AvgIpc) is 1.21. The second-order valence-corrected chi connectivity index (χ2v) is 2.84. The minimum absolute atomic E-state index is 0. The van der Waals surface area contributed by atoms with Gasteiger partial charge in [0.2, 0.25) is 0 Å². The first-order valence-corrected chi connectivity index (χ1v) is 3.69. The molecule has 2 N–H and O–H groups in total. The van der Waals surface area contributed by atoms with Crippen LogP contribution in [0.3, 0.4) is 0 Å². The van der Waals surface area contributed by atoms with Crippen molar-refractivity contribution in [3.05, 3.63) is 0 Å². The van der Waals surface area contributed by atoms with Crippen molar-refractivity contribution in [3.63, 3.8) is 0 Å². The van der Waals surface area contributed by atoms with Crippen LogP contribution in [-0.2, 0) is 9.09 Å². The molecule has 4 nitrogen and oxygen atoms in total. The van der Waals surface area contributed by atoms with Crippen LogP contribution in [0.5, 0.6) is 0 Å². The molecule has 0 aromatic carbocycles. The van der Waals surface area contributed by atoms with Gasteiger partial charge >= 0.3 is 7.82 Å². The highest BCUT2D eigenvalue weighted by molar-refractivity contribution is 7.46. The van der Waals surface area contributed by atoms with Crippen molar-refractivity contribution in [2.24, 2.45) is 0 Å². The average molecular weight is 213 g/mol. The zero-order valence-electron chi connectivity index (χ0n) is 5.55. The van der Waals surface area contributed by atoms with Crippen molar-refractivity contribution in [1.82, 2.24) is 0 Å². The van der Waals surface area contributed by atoms with Gasteiger partial charge in [0.15, 0.2) is 0 Å². The van der Waals surface area contributed by atoms with Crippen LogP contribution in [0.4, 0.5) is 0 Å². The van der Waals surface area contributed by atoms with E-state index in [9.17, 15) is 4.57 Å². The maximum Gasteiger partial charge on any atom is 0.469 e. The lowest BCUT2D eigenvalue weighted by atomic mass is 10.5. The monoisotopic (exact) mass is 212 g/mol. The van der Waals surface area contributed by atoms with E-state index in [0.717, 1.165) is 0 Å². The summed E-state index contributed by atoms with van der Waals surface area (Å²) in [5, 5.41) is 0. The molecule has 0 heterocycles. The molecule has 0 aliphatic carbocycles. The summed E-state index contributed by atoms with van der Waals surface area (Å²) in [6, 6.07) is 0. The Kier molecular flexibility index (Phi) is 10.9. The molecule has 10 heavy (non-hydrogen) atoms. The topological polar surface area (TPSA) is 66.8 Å². The number of hydrogen-bond acceptors (Lipinski definition) is 2. The number of phosphoric ester groups is 1. The van der Waals surface area contributed by atoms with Gasteiger partial charge in [-0.3, -0.25) is 4.52 Å². The van der Waals surface area contributed by atoms with Crippen LogP contribution in [0, 0.1) is 0 Å². The number of hydrogen-bond donors (Lipinski definition) is 2. The van der Waals surface area contributed by atoms with Crippen molar-refractivity contribution in [2.75, 3.05) is 0 Å². The summed E-state index contributed by atoms with van der Waals surface area (Å²) in [5.74, 6) is 0. The fourth-order valence-electron chi connectivity index (χ4n) is 0.275. The highest BCUT2D eigenvalue weighted by Crippen LogP contribution is 2.37. The standard InChI is InChI=1S/C3H9O4P.2ClH/c1-3(2)7-8(4,5)6;;/h3H,1-2H3,(H2,4,5,6);2*1H. The first-order valence-electron chi connectivity index (χ1n) is 2.16. The maximum absolute atomic E-state index is 9.91. The van der Waals surface area contributed by atoms with Gasteiger partial charge in [0.1, 0.15) is 0 Å². The Morgan fingerprint density at radius 2 is 1.60 bits per heavy atom. The molecule has 0 saturated heterocycles. The van der Waals surface area contributed by atoms with Crippen LogP contribution in [0.2, 0.25) is 0 Å². The van der Waals surface area contributed by atoms with E-state index in [1.807, 2.05) is 0 Å². The van der Waals surface area contributed by atoms with Gasteiger partial charge in [-0.2, -0.15) is 0 Å². The third kappa shape index (κ3) is 15.9. The first kappa shape index (κ1) is 17.0. The molecule has 0 rings (SSSR count). The van der Waals surface area contributed by atoms with Gasteiger partial charge in [-0.15, -0.1) is 24.8 Å². The van der Waals surface area contributed by atoms with Crippen molar-refractivity contribution in [2.45, 2.75) is 20.0 Å². The molecule has 0 atom stereocenters. The Labute approximate surface area is 72.0 Å². The highest BCUT2D eigenvalue weighted by atomic mass is 35.5. The van der Waals surface area contributed by atoms with E-state index in [1.165, 1.54) is 0 Å². The molecular weight excluding hydrogens is 202 g/mol. The molecule has 0 aromatic heterocycles. The minimum Gasteiger partial charge on any atom is -0.303 e. The molecule has 66 valence electrons. The van der Waals surface area contributed by atoms with E-state index in [-0.39, 0.29) is 24.8 Å². The molecule has 0 aromatic rings. The van der Waals surface area contributed by atoms with Crippen LogP contribution < -0.4 is 0 Å². The summed E-state index contributed by atoms with van der Waals surface area (Å²) < 4.78 is 14.0. The first-order chi connectivity index (χ1) is 3.42. The van der Waals surface area contributed by atoms with E-state index in [2.05, 4.69) is 4.52 Å². The molecule has 0 aliphatic heterocycles. The second kappa shape index (κ2) is 6.40. The van der Waals surface area contributed by atoms with Gasteiger partial charge in [0, 0.05) is 0 Å². The van der Waals surface area contributed by atoms with E-state index >= 15 is 0 Å². The smallest absolute Gasteiger partial charge is 0.303 e. The van der Waals surface area contributed by atoms with Gasteiger partial charge < -0.3 is 9.79 Å². The number of rotatable bonds is 2. The third-order valence-corrected chi connectivity index (χ3v) is 1.04. The number of halogens is 2. The quantitative estimate of drug-likeness (QED) is 0.679. The number of phosphoric acid groups is 1. The van der Waals surface area contributed by atoms with E-state index < -0.39 is 13.9 Å². The van der Waals surface area contributed by atoms with E-state index in [4.69, 9.17) is 9.79 Å². The Bertz CT molecular complexity index is 111. The Hall–Kier alpha value is 0.690. The maximum atomic E-state index is 9.91. The van der Waals surface area contributed by atoms with Crippen molar-refractivity contribution >= 4 is 32.6 Å². The van der Waals surface area contributed by atoms with Gasteiger partial charge in [-0.25, -0.2) is 4.57 Å². The normalized spacial score (nSPS) is 10.1. The molecule has 0 spiro atoms. The van der Waals surface area contributed by atoms with Crippen molar-refractivity contribution in [1.29, 1.82) is 0 Å². The molecule has 7 heteroatoms. The lowest BCUT2D eigenvalue weighted by molar-refractivity contribution is 0.156. The molecule has 0 aliphatic rings. The van der Waals surface area contributed by atoms with Crippen LogP contribution in [0.15, 0.2) is 0 Å². The lowest BCUT2D eigenvalue weighted by Crippen LogP contribution is -1.98. The van der Waals surface area contributed by atoms with Crippen molar-refractivity contribution < 1.29 is 18.9 Å². The van der Waals surface area contributed by atoms with E-state index in [0.29, 0.717) is 0 Å². The molecule has 0 amide bonds. The summed E-state index contributed by atoms with van der Waals surface area (Å²) in [4.78, 5) is 16.2. The predicted octanol–water partition coefficient (Wildman–Crippen LogP) is 1.35. The van der Waals surface area contributed by atoms with Gasteiger partial charge in [-0.05, 0) is 13.8 Å². The Balaban J connectivity index is -0.000000245. The molecule has 0 unspecified atom stereocenters. The zero-order chi connectivity index (χ0) is 6.78. The summed E-state index contributed by atoms with van der Waals surface area (Å²) in [6.45, 7) is 3.11. The largest absolute Gasteiger partial charge is 0.469 e. The lowest BCUT2D eigenvalue weighted by Gasteiger charge is -2.06. The van der Waals surface area contributed by atoms with E-state index in [1.54, 1.807) is 13.8 Å². The van der Waals surface area contributed by atoms with Gasteiger partial charge in [-0.1, -0.05) is 0 Å². The minimum atomic E-state index is -4.22. The Morgan fingerprint density at radius 1 is 1.30 bits per heavy atom. The summed E-state index contributed by atoms with van der Waals surface area (Å²) in [7, 11) is -4.22. The predicted molar refractivity (Wildman–Crippen MR) is 42.8 cm³/mol. The summed E-state index contributed by atoms with van der Waals surface area (Å²) >= 11 is 0. The Morgan fingerprint density at radius 3 is 1.60 bits per heavy atom. The third-order valence-electron chi connectivity index (χ3n) is 0.348. The van der Waals surface area contributed by atoms with Gasteiger partial charge in [0.05, 0.1) is 6.10 Å². The highest BCUT2D eigenvalue weighted by Gasteiger charge is 2.14. The fourth-order valence-corrected chi connectivity index (χ4v) is 0.824. The van der Waals surface area contributed by atoms with Crippen molar-refractivity contribution in [3.8, 4) is 0 Å². The summed E-state index contributed by atoms with van der Waals surface area (Å²) in [6.07, 6.45) is -0.421. The molecule has 0 bridgehead atoms. The molecule has 0 saturated carbocycles. The van der Waals surface area contributed by atoms with Crippen LogP contribution >= 0.6 is 32.6 Å². The van der Waals surface area contributed by atoms with Crippen LogP contribution in [0.25, 0.3) is 0 Å². The molecule has 0 radical (unpaired) electrons. The fraction of sp³-hybridized carbons (Fsp3) is 1.00. The van der Waals surface area contributed by atoms with Crippen LogP contribution in [-0.4, -0.2) is 15.9 Å².